The number of rotatable bonds is 1. The van der Waals surface area contributed by atoms with Crippen LogP contribution in [0.3, 0.4) is 0 Å². The summed E-state index contributed by atoms with van der Waals surface area (Å²) in [5.41, 5.74) is 3.17. The van der Waals surface area contributed by atoms with Crippen molar-refractivity contribution in [3.05, 3.63) is 42.1 Å². The molecule has 2 heteroatoms. The highest BCUT2D eigenvalue weighted by atomic mass is 16.3. The van der Waals surface area contributed by atoms with Crippen molar-refractivity contribution in [3.63, 3.8) is 0 Å². The average molecular weight is 173 g/mol. The molecule has 1 heterocycles. The molecular weight excluding hydrogens is 162 g/mol. The Morgan fingerprint density at radius 3 is 2.38 bits per heavy atom. The van der Waals surface area contributed by atoms with Crippen LogP contribution in [0.1, 0.15) is 5.69 Å². The SMILES string of the molecule is Cc1[nH]c(O)cc1-c1ccccc1. The largest absolute Gasteiger partial charge is 0.495 e. The lowest BCUT2D eigenvalue weighted by molar-refractivity contribution is 0.456. The number of H-pyrrole nitrogens is 1. The fourth-order valence-electron chi connectivity index (χ4n) is 1.46. The lowest BCUT2D eigenvalue weighted by Crippen LogP contribution is -1.76. The Morgan fingerprint density at radius 1 is 1.15 bits per heavy atom. The van der Waals surface area contributed by atoms with E-state index < -0.39 is 0 Å². The molecule has 2 aromatic rings. The van der Waals surface area contributed by atoms with Crippen molar-refractivity contribution in [2.24, 2.45) is 0 Å². The molecule has 0 aliphatic rings. The molecule has 2 N–H and O–H groups in total. The first-order valence-electron chi connectivity index (χ1n) is 4.21. The van der Waals surface area contributed by atoms with Crippen LogP contribution in [0.2, 0.25) is 0 Å². The standard InChI is InChI=1S/C11H11NO/c1-8-10(7-11(13)12-8)9-5-3-2-4-6-9/h2-7,12-13H,1H3. The summed E-state index contributed by atoms with van der Waals surface area (Å²) in [5, 5.41) is 9.24. The van der Waals surface area contributed by atoms with E-state index in [0.29, 0.717) is 0 Å². The molecule has 0 unspecified atom stereocenters. The maximum absolute atomic E-state index is 9.24. The molecule has 0 amide bonds. The molecule has 2 rings (SSSR count). The van der Waals surface area contributed by atoms with Crippen LogP contribution in [0, 0.1) is 6.92 Å². The van der Waals surface area contributed by atoms with Gasteiger partial charge in [0.25, 0.3) is 0 Å². The summed E-state index contributed by atoms with van der Waals surface area (Å²) in [4.78, 5) is 2.86. The van der Waals surface area contributed by atoms with E-state index in [2.05, 4.69) is 4.98 Å². The van der Waals surface area contributed by atoms with Gasteiger partial charge in [-0.2, -0.15) is 0 Å². The van der Waals surface area contributed by atoms with Crippen molar-refractivity contribution in [3.8, 4) is 17.0 Å². The summed E-state index contributed by atoms with van der Waals surface area (Å²) in [7, 11) is 0. The molecular formula is C11H11NO. The number of nitrogens with one attached hydrogen (secondary N) is 1. The highest BCUT2D eigenvalue weighted by molar-refractivity contribution is 5.67. The third kappa shape index (κ3) is 1.43. The summed E-state index contributed by atoms with van der Waals surface area (Å²) < 4.78 is 0. The summed E-state index contributed by atoms with van der Waals surface area (Å²) in [5.74, 6) is 0.219. The van der Waals surface area contributed by atoms with Gasteiger partial charge in [-0.1, -0.05) is 30.3 Å². The third-order valence-electron chi connectivity index (χ3n) is 2.09. The Morgan fingerprint density at radius 2 is 1.85 bits per heavy atom. The number of aromatic nitrogens is 1. The number of aromatic amines is 1. The summed E-state index contributed by atoms with van der Waals surface area (Å²) in [6.07, 6.45) is 0. The molecule has 13 heavy (non-hydrogen) atoms. The van der Waals surface area contributed by atoms with E-state index in [-0.39, 0.29) is 5.88 Å². The quantitative estimate of drug-likeness (QED) is 0.683. The zero-order valence-corrected chi connectivity index (χ0v) is 7.41. The molecule has 0 radical (unpaired) electrons. The number of aromatic hydroxyl groups is 1. The van der Waals surface area contributed by atoms with Crippen molar-refractivity contribution in [1.29, 1.82) is 0 Å². The van der Waals surface area contributed by atoms with E-state index in [9.17, 15) is 5.11 Å². The normalized spacial score (nSPS) is 10.2. The Hall–Kier alpha value is -1.70. The highest BCUT2D eigenvalue weighted by Gasteiger charge is 2.04. The topological polar surface area (TPSA) is 36.0 Å². The molecule has 66 valence electrons. The highest BCUT2D eigenvalue weighted by Crippen LogP contribution is 2.26. The van der Waals surface area contributed by atoms with Gasteiger partial charge in [0.1, 0.15) is 0 Å². The van der Waals surface area contributed by atoms with E-state index in [1.54, 1.807) is 6.07 Å². The van der Waals surface area contributed by atoms with E-state index in [0.717, 1.165) is 16.8 Å². The van der Waals surface area contributed by atoms with Gasteiger partial charge < -0.3 is 10.1 Å². The molecule has 0 spiro atoms. The molecule has 0 bridgehead atoms. The van der Waals surface area contributed by atoms with E-state index in [4.69, 9.17) is 0 Å². The second kappa shape index (κ2) is 2.98. The number of benzene rings is 1. The minimum Gasteiger partial charge on any atom is -0.495 e. The summed E-state index contributed by atoms with van der Waals surface area (Å²) >= 11 is 0. The van der Waals surface area contributed by atoms with Crippen molar-refractivity contribution in [1.82, 2.24) is 4.98 Å². The second-order valence-electron chi connectivity index (χ2n) is 3.06. The first kappa shape index (κ1) is 7.92. The van der Waals surface area contributed by atoms with Crippen LogP contribution in [0.25, 0.3) is 11.1 Å². The van der Waals surface area contributed by atoms with Gasteiger partial charge in [0.2, 0.25) is 0 Å². The fraction of sp³-hybridized carbons (Fsp3) is 0.0909. The van der Waals surface area contributed by atoms with Gasteiger partial charge in [-0.05, 0) is 12.5 Å². The van der Waals surface area contributed by atoms with Crippen LogP contribution in [0.5, 0.6) is 5.88 Å². The molecule has 1 aromatic heterocycles. The Balaban J connectivity index is 2.53. The third-order valence-corrected chi connectivity index (χ3v) is 2.09. The second-order valence-corrected chi connectivity index (χ2v) is 3.06. The fourth-order valence-corrected chi connectivity index (χ4v) is 1.46. The lowest BCUT2D eigenvalue weighted by Gasteiger charge is -1.97. The van der Waals surface area contributed by atoms with Gasteiger partial charge in [-0.15, -0.1) is 0 Å². The Labute approximate surface area is 76.9 Å². The molecule has 0 saturated heterocycles. The molecule has 0 fully saturated rings. The van der Waals surface area contributed by atoms with Crippen molar-refractivity contribution >= 4 is 0 Å². The van der Waals surface area contributed by atoms with Crippen molar-refractivity contribution in [2.45, 2.75) is 6.92 Å². The first-order valence-corrected chi connectivity index (χ1v) is 4.21. The van der Waals surface area contributed by atoms with Gasteiger partial charge in [0.05, 0.1) is 0 Å². The first-order chi connectivity index (χ1) is 6.27. The molecule has 2 nitrogen and oxygen atoms in total. The number of hydrogen-bond donors (Lipinski definition) is 2. The Kier molecular flexibility index (Phi) is 1.81. The zero-order valence-electron chi connectivity index (χ0n) is 7.41. The van der Waals surface area contributed by atoms with Crippen LogP contribution >= 0.6 is 0 Å². The van der Waals surface area contributed by atoms with Gasteiger partial charge in [-0.25, -0.2) is 0 Å². The molecule has 1 aromatic carbocycles. The molecule has 0 aliphatic heterocycles. The molecule has 0 aliphatic carbocycles. The van der Waals surface area contributed by atoms with Gasteiger partial charge in [0, 0.05) is 17.3 Å². The van der Waals surface area contributed by atoms with E-state index >= 15 is 0 Å². The average Bonchev–Trinajstić information content (AvgIpc) is 2.47. The van der Waals surface area contributed by atoms with E-state index in [1.807, 2.05) is 37.3 Å². The maximum atomic E-state index is 9.24. The number of aryl methyl sites for hydroxylation is 1. The smallest absolute Gasteiger partial charge is 0.189 e. The van der Waals surface area contributed by atoms with E-state index in [1.165, 1.54) is 0 Å². The molecule has 0 saturated carbocycles. The predicted molar refractivity (Wildman–Crippen MR) is 52.6 cm³/mol. The van der Waals surface area contributed by atoms with Crippen LogP contribution in [0.15, 0.2) is 36.4 Å². The van der Waals surface area contributed by atoms with Crippen LogP contribution < -0.4 is 0 Å². The van der Waals surface area contributed by atoms with Crippen LogP contribution in [-0.4, -0.2) is 10.1 Å². The predicted octanol–water partition coefficient (Wildman–Crippen LogP) is 2.70. The van der Waals surface area contributed by atoms with Gasteiger partial charge in [-0.3, -0.25) is 0 Å². The monoisotopic (exact) mass is 173 g/mol. The lowest BCUT2D eigenvalue weighted by atomic mass is 10.1. The van der Waals surface area contributed by atoms with Gasteiger partial charge in [0.15, 0.2) is 5.88 Å². The number of hydrogen-bond acceptors (Lipinski definition) is 1. The minimum atomic E-state index is 0.219. The van der Waals surface area contributed by atoms with Crippen molar-refractivity contribution < 1.29 is 5.11 Å². The summed E-state index contributed by atoms with van der Waals surface area (Å²) in [6, 6.07) is 11.7. The van der Waals surface area contributed by atoms with Crippen LogP contribution in [-0.2, 0) is 0 Å². The maximum Gasteiger partial charge on any atom is 0.189 e. The molecule has 0 atom stereocenters. The zero-order chi connectivity index (χ0) is 9.26. The summed E-state index contributed by atoms with van der Waals surface area (Å²) in [6.45, 7) is 1.95. The van der Waals surface area contributed by atoms with Gasteiger partial charge >= 0.3 is 0 Å². The minimum absolute atomic E-state index is 0.219. The van der Waals surface area contributed by atoms with Crippen LogP contribution in [0.4, 0.5) is 0 Å². The van der Waals surface area contributed by atoms with Crippen molar-refractivity contribution in [2.75, 3.05) is 0 Å². The Bertz CT molecular complexity index is 403.